The van der Waals surface area contributed by atoms with Crippen molar-refractivity contribution < 1.29 is 22.3 Å². The van der Waals surface area contributed by atoms with Crippen molar-refractivity contribution in [3.63, 3.8) is 0 Å². The summed E-state index contributed by atoms with van der Waals surface area (Å²) in [5.41, 5.74) is 2.44. The molecule has 0 aliphatic rings. The third-order valence-corrected chi connectivity index (χ3v) is 6.42. The summed E-state index contributed by atoms with van der Waals surface area (Å²) in [6, 6.07) is 16.8. The Hall–Kier alpha value is -3.39. The van der Waals surface area contributed by atoms with Crippen LogP contribution in [0.3, 0.4) is 0 Å². The predicted octanol–water partition coefficient (Wildman–Crippen LogP) is 4.29. The maximum atomic E-state index is 13.6. The summed E-state index contributed by atoms with van der Waals surface area (Å²) in [6.45, 7) is 3.17. The van der Waals surface area contributed by atoms with E-state index < -0.39 is 28.3 Å². The third-order valence-electron chi connectivity index (χ3n) is 4.62. The number of sulfonamides is 1. The van der Waals surface area contributed by atoms with Crippen LogP contribution in [0.5, 0.6) is 5.75 Å². The van der Waals surface area contributed by atoms with E-state index >= 15 is 0 Å². The van der Waals surface area contributed by atoms with Crippen LogP contribution in [0.15, 0.2) is 71.6 Å². The lowest BCUT2D eigenvalue weighted by atomic mass is 10.2. The number of carbonyl (C=O) groups excluding carboxylic acids is 1. The molecule has 0 bridgehead atoms. The number of amides is 1. The molecular weight excluding hydrogens is 419 g/mol. The standard InChI is InChI=1S/C23H23FN2O4S/c1-16-4-9-19(10-5-16)25-23(27)15-26(20-11-7-18(24)8-12-20)31(28,29)22-14-17(2)6-13-21(22)30-3/h4-14H,15H2,1-3H3,(H,25,27). The zero-order valence-electron chi connectivity index (χ0n) is 17.4. The van der Waals surface area contributed by atoms with Crippen molar-refractivity contribution in [2.45, 2.75) is 18.7 Å². The summed E-state index contributed by atoms with van der Waals surface area (Å²) < 4.78 is 46.7. The SMILES string of the molecule is COc1ccc(C)cc1S(=O)(=O)N(CC(=O)Nc1ccc(C)cc1)c1ccc(F)cc1. The van der Waals surface area contributed by atoms with Crippen LogP contribution in [-0.4, -0.2) is 28.0 Å². The number of halogens is 1. The molecule has 0 aliphatic carbocycles. The van der Waals surface area contributed by atoms with Gasteiger partial charge in [-0.1, -0.05) is 23.8 Å². The quantitative estimate of drug-likeness (QED) is 0.592. The first kappa shape index (κ1) is 22.3. The van der Waals surface area contributed by atoms with Gasteiger partial charge in [-0.3, -0.25) is 9.10 Å². The average molecular weight is 443 g/mol. The highest BCUT2D eigenvalue weighted by molar-refractivity contribution is 7.93. The van der Waals surface area contributed by atoms with Gasteiger partial charge in [0.05, 0.1) is 12.8 Å². The monoisotopic (exact) mass is 442 g/mol. The van der Waals surface area contributed by atoms with Crippen LogP contribution in [0.2, 0.25) is 0 Å². The van der Waals surface area contributed by atoms with E-state index in [4.69, 9.17) is 4.74 Å². The van der Waals surface area contributed by atoms with Gasteiger partial charge in [0.15, 0.2) is 0 Å². The van der Waals surface area contributed by atoms with Gasteiger partial charge in [0, 0.05) is 5.69 Å². The van der Waals surface area contributed by atoms with Crippen molar-refractivity contribution in [3.8, 4) is 5.75 Å². The molecule has 162 valence electrons. The molecule has 8 heteroatoms. The number of methoxy groups -OCH3 is 1. The molecule has 0 heterocycles. The minimum Gasteiger partial charge on any atom is -0.495 e. The first-order chi connectivity index (χ1) is 14.7. The molecule has 0 atom stereocenters. The van der Waals surface area contributed by atoms with Crippen LogP contribution in [0.1, 0.15) is 11.1 Å². The molecule has 1 amide bonds. The van der Waals surface area contributed by atoms with Gasteiger partial charge >= 0.3 is 0 Å². The van der Waals surface area contributed by atoms with Crippen LogP contribution in [0.4, 0.5) is 15.8 Å². The minimum atomic E-state index is -4.20. The summed E-state index contributed by atoms with van der Waals surface area (Å²) in [6.07, 6.45) is 0. The molecule has 0 aromatic heterocycles. The van der Waals surface area contributed by atoms with Gasteiger partial charge in [0.1, 0.15) is 23.0 Å². The van der Waals surface area contributed by atoms with Crippen molar-refractivity contribution in [3.05, 3.63) is 83.7 Å². The second-order valence-electron chi connectivity index (χ2n) is 7.06. The largest absolute Gasteiger partial charge is 0.495 e. The van der Waals surface area contributed by atoms with Gasteiger partial charge in [-0.05, 0) is 67.9 Å². The summed E-state index contributed by atoms with van der Waals surface area (Å²) in [7, 11) is -2.83. The molecule has 0 radical (unpaired) electrons. The molecule has 31 heavy (non-hydrogen) atoms. The zero-order valence-corrected chi connectivity index (χ0v) is 18.2. The van der Waals surface area contributed by atoms with Crippen molar-refractivity contribution in [2.24, 2.45) is 0 Å². The van der Waals surface area contributed by atoms with Crippen LogP contribution >= 0.6 is 0 Å². The van der Waals surface area contributed by atoms with Gasteiger partial charge in [-0.15, -0.1) is 0 Å². The number of nitrogens with one attached hydrogen (secondary N) is 1. The normalized spacial score (nSPS) is 11.1. The van der Waals surface area contributed by atoms with Crippen LogP contribution in [0, 0.1) is 19.7 Å². The van der Waals surface area contributed by atoms with Crippen molar-refractivity contribution >= 4 is 27.3 Å². The number of carbonyl (C=O) groups is 1. The number of rotatable bonds is 7. The molecule has 3 aromatic rings. The molecule has 0 saturated carbocycles. The van der Waals surface area contributed by atoms with E-state index in [-0.39, 0.29) is 16.3 Å². The number of hydrogen-bond donors (Lipinski definition) is 1. The minimum absolute atomic E-state index is 0.0811. The molecule has 1 N–H and O–H groups in total. The molecule has 0 spiro atoms. The van der Waals surface area contributed by atoms with E-state index in [2.05, 4.69) is 5.32 Å². The Labute approximate surface area is 181 Å². The number of nitrogens with zero attached hydrogens (tertiary/aromatic N) is 1. The Morgan fingerprint density at radius 1 is 0.968 bits per heavy atom. The van der Waals surface area contributed by atoms with Gasteiger partial charge in [-0.2, -0.15) is 0 Å². The lowest BCUT2D eigenvalue weighted by Crippen LogP contribution is -2.38. The van der Waals surface area contributed by atoms with Crippen LogP contribution in [0.25, 0.3) is 0 Å². The Morgan fingerprint density at radius 2 is 1.58 bits per heavy atom. The van der Waals surface area contributed by atoms with Crippen molar-refractivity contribution in [1.29, 1.82) is 0 Å². The van der Waals surface area contributed by atoms with E-state index in [1.165, 1.54) is 25.3 Å². The molecule has 0 unspecified atom stereocenters. The first-order valence-corrected chi connectivity index (χ1v) is 10.9. The zero-order chi connectivity index (χ0) is 22.6. The molecular formula is C23H23FN2O4S. The molecule has 6 nitrogen and oxygen atoms in total. The van der Waals surface area contributed by atoms with Gasteiger partial charge in [-0.25, -0.2) is 12.8 Å². The highest BCUT2D eigenvalue weighted by Crippen LogP contribution is 2.31. The maximum Gasteiger partial charge on any atom is 0.268 e. The second-order valence-corrected chi connectivity index (χ2v) is 8.89. The summed E-state index contributed by atoms with van der Waals surface area (Å²) in [4.78, 5) is 12.6. The first-order valence-electron chi connectivity index (χ1n) is 9.50. The molecule has 0 fully saturated rings. The van der Waals surface area contributed by atoms with E-state index in [9.17, 15) is 17.6 Å². The summed E-state index contributed by atoms with van der Waals surface area (Å²) in [5.74, 6) is -0.904. The van der Waals surface area contributed by atoms with Gasteiger partial charge in [0.2, 0.25) is 5.91 Å². The molecule has 3 aromatic carbocycles. The lowest BCUT2D eigenvalue weighted by molar-refractivity contribution is -0.114. The summed E-state index contributed by atoms with van der Waals surface area (Å²) >= 11 is 0. The van der Waals surface area contributed by atoms with Crippen LogP contribution < -0.4 is 14.4 Å². The van der Waals surface area contributed by atoms with Gasteiger partial charge < -0.3 is 10.1 Å². The fourth-order valence-corrected chi connectivity index (χ4v) is 4.66. The number of anilines is 2. The summed E-state index contributed by atoms with van der Waals surface area (Å²) in [5, 5.41) is 2.69. The number of aryl methyl sites for hydroxylation is 2. The van der Waals surface area contributed by atoms with Gasteiger partial charge in [0.25, 0.3) is 10.0 Å². The highest BCUT2D eigenvalue weighted by atomic mass is 32.2. The number of hydrogen-bond acceptors (Lipinski definition) is 4. The average Bonchev–Trinajstić information content (AvgIpc) is 2.74. The number of ether oxygens (including phenoxy) is 1. The van der Waals surface area contributed by atoms with Crippen molar-refractivity contribution in [1.82, 2.24) is 0 Å². The molecule has 3 rings (SSSR count). The van der Waals surface area contributed by atoms with E-state index in [1.54, 1.807) is 31.2 Å². The van der Waals surface area contributed by atoms with Crippen LogP contribution in [-0.2, 0) is 14.8 Å². The van der Waals surface area contributed by atoms with E-state index in [1.807, 2.05) is 19.1 Å². The lowest BCUT2D eigenvalue weighted by Gasteiger charge is -2.25. The second kappa shape index (κ2) is 9.18. The smallest absolute Gasteiger partial charge is 0.268 e. The predicted molar refractivity (Wildman–Crippen MR) is 118 cm³/mol. The Morgan fingerprint density at radius 3 is 2.19 bits per heavy atom. The molecule has 0 saturated heterocycles. The Kier molecular flexibility index (Phi) is 6.60. The number of benzene rings is 3. The highest BCUT2D eigenvalue weighted by Gasteiger charge is 2.30. The third kappa shape index (κ3) is 5.21. The maximum absolute atomic E-state index is 13.6. The van der Waals surface area contributed by atoms with E-state index in [0.717, 1.165) is 22.0 Å². The Bertz CT molecular complexity index is 1180. The Balaban J connectivity index is 2.00. The fraction of sp³-hybridized carbons (Fsp3) is 0.174. The topological polar surface area (TPSA) is 75.7 Å². The fourth-order valence-electron chi connectivity index (χ4n) is 2.99. The van der Waals surface area contributed by atoms with E-state index in [0.29, 0.717) is 11.3 Å². The van der Waals surface area contributed by atoms with Crippen molar-refractivity contribution in [2.75, 3.05) is 23.3 Å². The molecule has 0 aliphatic heterocycles.